The van der Waals surface area contributed by atoms with Crippen molar-refractivity contribution >= 4 is 33.6 Å². The third-order valence-electron chi connectivity index (χ3n) is 6.53. The third kappa shape index (κ3) is 4.28. The zero-order valence-electron chi connectivity index (χ0n) is 18.4. The Bertz CT molecular complexity index is 1250. The van der Waals surface area contributed by atoms with Gasteiger partial charge in [-0.2, -0.15) is 0 Å². The first-order chi connectivity index (χ1) is 16.3. The monoisotopic (exact) mass is 445 g/mol. The van der Waals surface area contributed by atoms with Crippen LogP contribution in [-0.4, -0.2) is 63.4 Å². The number of aromatic nitrogens is 5. The van der Waals surface area contributed by atoms with Gasteiger partial charge in [0.1, 0.15) is 17.1 Å². The second kappa shape index (κ2) is 8.82. The molecule has 1 aliphatic heterocycles. The summed E-state index contributed by atoms with van der Waals surface area (Å²) in [5.74, 6) is 1.70. The van der Waals surface area contributed by atoms with Gasteiger partial charge in [0.15, 0.2) is 0 Å². The number of nitrogens with zero attached hydrogens (tertiary/aromatic N) is 5. The maximum atomic E-state index is 6.53. The lowest BCUT2D eigenvalue weighted by atomic mass is 9.93. The van der Waals surface area contributed by atoms with E-state index in [1.54, 1.807) is 18.7 Å². The SMILES string of the molecule is c1cnc2c(OC3CCC(Nc4cc5nc[nH]c5cn4)CC3)cc(N3CCOCC3)cc2n1. The largest absolute Gasteiger partial charge is 0.488 e. The highest BCUT2D eigenvalue weighted by Crippen LogP contribution is 2.33. The molecule has 2 aliphatic rings. The lowest BCUT2D eigenvalue weighted by Gasteiger charge is -2.31. The Balaban J connectivity index is 1.14. The Morgan fingerprint density at radius 2 is 1.79 bits per heavy atom. The maximum absolute atomic E-state index is 6.53. The number of nitrogens with one attached hydrogen (secondary N) is 2. The summed E-state index contributed by atoms with van der Waals surface area (Å²) in [5, 5.41) is 3.57. The Labute approximate surface area is 191 Å². The topological polar surface area (TPSA) is 101 Å². The Kier molecular flexibility index (Phi) is 5.39. The lowest BCUT2D eigenvalue weighted by Crippen LogP contribution is -2.36. The molecule has 3 aromatic heterocycles. The molecule has 1 aliphatic carbocycles. The Morgan fingerprint density at radius 1 is 0.939 bits per heavy atom. The molecule has 0 spiro atoms. The number of H-pyrrole nitrogens is 1. The molecule has 2 N–H and O–H groups in total. The van der Waals surface area contributed by atoms with Gasteiger partial charge in [0.05, 0.1) is 48.4 Å². The average molecular weight is 446 g/mol. The number of aromatic amines is 1. The summed E-state index contributed by atoms with van der Waals surface area (Å²) in [4.78, 5) is 23.3. The van der Waals surface area contributed by atoms with E-state index in [0.29, 0.717) is 6.04 Å². The summed E-state index contributed by atoms with van der Waals surface area (Å²) in [6.07, 6.45) is 11.2. The number of ether oxygens (including phenoxy) is 2. The van der Waals surface area contributed by atoms with Gasteiger partial charge in [-0.3, -0.25) is 4.98 Å². The van der Waals surface area contributed by atoms with E-state index in [1.807, 2.05) is 12.3 Å². The predicted octanol–water partition coefficient (Wildman–Crippen LogP) is 3.54. The van der Waals surface area contributed by atoms with E-state index in [0.717, 1.165) is 91.3 Å². The number of rotatable bonds is 5. The number of morpholine rings is 1. The number of anilines is 2. The van der Waals surface area contributed by atoms with Gasteiger partial charge in [0.2, 0.25) is 0 Å². The van der Waals surface area contributed by atoms with Crippen LogP contribution in [-0.2, 0) is 4.74 Å². The number of imidazole rings is 1. The quantitative estimate of drug-likeness (QED) is 0.481. The van der Waals surface area contributed by atoms with Crippen LogP contribution in [0, 0.1) is 0 Å². The van der Waals surface area contributed by atoms with Gasteiger partial charge < -0.3 is 24.7 Å². The van der Waals surface area contributed by atoms with Crippen LogP contribution < -0.4 is 15.0 Å². The second-order valence-electron chi connectivity index (χ2n) is 8.69. The molecule has 2 fully saturated rings. The highest BCUT2D eigenvalue weighted by atomic mass is 16.5. The third-order valence-corrected chi connectivity index (χ3v) is 6.53. The first-order valence-electron chi connectivity index (χ1n) is 11.6. The standard InChI is InChI=1S/C24H27N7O2/c1-3-18(4-2-16(1)30-23-13-19-21(14-27-23)29-15-28-19)33-22-12-17(31-7-9-32-10-8-31)11-20-24(22)26-6-5-25-20/h5-6,11-16,18H,1-4,7-10H2,(H,27,30)(H,28,29). The van der Waals surface area contributed by atoms with E-state index in [-0.39, 0.29) is 6.10 Å². The van der Waals surface area contributed by atoms with Gasteiger partial charge >= 0.3 is 0 Å². The van der Waals surface area contributed by atoms with Crippen LogP contribution in [0.15, 0.2) is 43.1 Å². The summed E-state index contributed by atoms with van der Waals surface area (Å²) in [6.45, 7) is 3.24. The van der Waals surface area contributed by atoms with Crippen LogP contribution in [0.2, 0.25) is 0 Å². The average Bonchev–Trinajstić information content (AvgIpc) is 3.34. The fourth-order valence-corrected chi connectivity index (χ4v) is 4.75. The molecular formula is C24H27N7O2. The highest BCUT2D eigenvalue weighted by Gasteiger charge is 2.24. The van der Waals surface area contributed by atoms with E-state index in [4.69, 9.17) is 9.47 Å². The minimum Gasteiger partial charge on any atom is -0.488 e. The normalized spacial score (nSPS) is 21.4. The molecule has 0 unspecified atom stereocenters. The van der Waals surface area contributed by atoms with Gasteiger partial charge in [-0.15, -0.1) is 0 Å². The Hall–Kier alpha value is -3.46. The van der Waals surface area contributed by atoms with Crippen molar-refractivity contribution in [2.75, 3.05) is 36.5 Å². The van der Waals surface area contributed by atoms with Crippen molar-refractivity contribution in [1.82, 2.24) is 24.9 Å². The summed E-state index contributed by atoms with van der Waals surface area (Å²) in [7, 11) is 0. The number of hydrogen-bond donors (Lipinski definition) is 2. The molecule has 33 heavy (non-hydrogen) atoms. The molecule has 4 aromatic rings. The van der Waals surface area contributed by atoms with Crippen molar-refractivity contribution in [2.24, 2.45) is 0 Å². The fourth-order valence-electron chi connectivity index (χ4n) is 4.75. The van der Waals surface area contributed by atoms with Crippen molar-refractivity contribution in [1.29, 1.82) is 0 Å². The zero-order chi connectivity index (χ0) is 22.0. The summed E-state index contributed by atoms with van der Waals surface area (Å²) in [6, 6.07) is 6.60. The second-order valence-corrected chi connectivity index (χ2v) is 8.69. The van der Waals surface area contributed by atoms with Crippen molar-refractivity contribution in [3.05, 3.63) is 43.1 Å². The van der Waals surface area contributed by atoms with E-state index in [2.05, 4.69) is 47.3 Å². The summed E-state index contributed by atoms with van der Waals surface area (Å²) < 4.78 is 12.0. The van der Waals surface area contributed by atoms with Crippen LogP contribution >= 0.6 is 0 Å². The highest BCUT2D eigenvalue weighted by molar-refractivity contribution is 5.85. The van der Waals surface area contributed by atoms with Gasteiger partial charge in [0.25, 0.3) is 0 Å². The van der Waals surface area contributed by atoms with Crippen LogP contribution in [0.4, 0.5) is 11.5 Å². The minimum atomic E-state index is 0.162. The summed E-state index contributed by atoms with van der Waals surface area (Å²) in [5.41, 5.74) is 4.69. The number of fused-ring (bicyclic) bond motifs is 2. The van der Waals surface area contributed by atoms with Crippen molar-refractivity contribution in [2.45, 2.75) is 37.8 Å². The summed E-state index contributed by atoms with van der Waals surface area (Å²) >= 11 is 0. The van der Waals surface area contributed by atoms with Crippen molar-refractivity contribution in [3.63, 3.8) is 0 Å². The van der Waals surface area contributed by atoms with E-state index in [9.17, 15) is 0 Å². The maximum Gasteiger partial charge on any atom is 0.149 e. The van der Waals surface area contributed by atoms with Crippen LogP contribution in [0.5, 0.6) is 5.75 Å². The number of benzene rings is 1. The Morgan fingerprint density at radius 3 is 2.67 bits per heavy atom. The molecule has 0 amide bonds. The van der Waals surface area contributed by atoms with Gasteiger partial charge in [-0.25, -0.2) is 15.0 Å². The van der Waals surface area contributed by atoms with E-state index >= 15 is 0 Å². The molecular weight excluding hydrogens is 418 g/mol. The fraction of sp³-hybridized carbons (Fsp3) is 0.417. The molecule has 1 aromatic carbocycles. The molecule has 9 heteroatoms. The molecule has 1 saturated heterocycles. The zero-order valence-corrected chi connectivity index (χ0v) is 18.4. The minimum absolute atomic E-state index is 0.162. The van der Waals surface area contributed by atoms with Crippen LogP contribution in [0.3, 0.4) is 0 Å². The molecule has 0 radical (unpaired) electrons. The van der Waals surface area contributed by atoms with Gasteiger partial charge in [-0.05, 0) is 31.7 Å². The van der Waals surface area contributed by atoms with Gasteiger partial charge in [0, 0.05) is 49.3 Å². The van der Waals surface area contributed by atoms with E-state index < -0.39 is 0 Å². The molecule has 9 nitrogen and oxygen atoms in total. The van der Waals surface area contributed by atoms with Crippen molar-refractivity contribution < 1.29 is 9.47 Å². The molecule has 0 bridgehead atoms. The molecule has 4 heterocycles. The predicted molar refractivity (Wildman–Crippen MR) is 127 cm³/mol. The number of hydrogen-bond acceptors (Lipinski definition) is 8. The number of pyridine rings is 1. The molecule has 170 valence electrons. The lowest BCUT2D eigenvalue weighted by molar-refractivity contribution is 0.122. The van der Waals surface area contributed by atoms with Crippen molar-refractivity contribution in [3.8, 4) is 5.75 Å². The van der Waals surface area contributed by atoms with Gasteiger partial charge in [-0.1, -0.05) is 0 Å². The molecule has 0 atom stereocenters. The first-order valence-corrected chi connectivity index (χ1v) is 11.6. The van der Waals surface area contributed by atoms with Crippen LogP contribution in [0.25, 0.3) is 22.1 Å². The van der Waals surface area contributed by atoms with Crippen LogP contribution in [0.1, 0.15) is 25.7 Å². The molecule has 1 saturated carbocycles. The first kappa shape index (κ1) is 20.2. The smallest absolute Gasteiger partial charge is 0.149 e. The molecule has 6 rings (SSSR count). The van der Waals surface area contributed by atoms with E-state index in [1.165, 1.54) is 0 Å².